The molecule has 0 bridgehead atoms. The van der Waals surface area contributed by atoms with E-state index in [9.17, 15) is 0 Å². The van der Waals surface area contributed by atoms with Gasteiger partial charge in [0.1, 0.15) is 12.1 Å². The van der Waals surface area contributed by atoms with Gasteiger partial charge in [0.2, 0.25) is 0 Å². The van der Waals surface area contributed by atoms with Crippen molar-refractivity contribution in [3.05, 3.63) is 61.3 Å². The highest BCUT2D eigenvalue weighted by Crippen LogP contribution is 2.35. The second-order valence-corrected chi connectivity index (χ2v) is 5.40. The van der Waals surface area contributed by atoms with E-state index in [0.29, 0.717) is 0 Å². The van der Waals surface area contributed by atoms with Gasteiger partial charge in [-0.2, -0.15) is 0 Å². The lowest BCUT2D eigenvalue weighted by molar-refractivity contribution is 1.26. The van der Waals surface area contributed by atoms with E-state index in [-0.39, 0.29) is 0 Å². The minimum absolute atomic E-state index is 0.821. The summed E-state index contributed by atoms with van der Waals surface area (Å²) in [7, 11) is 0. The van der Waals surface area contributed by atoms with Crippen LogP contribution in [0.25, 0.3) is 32.6 Å². The predicted octanol–water partition coefficient (Wildman–Crippen LogP) is 3.91. The zero-order chi connectivity index (χ0) is 15.2. The molecule has 1 N–H and O–H groups in total. The fourth-order valence-corrected chi connectivity index (χ4v) is 3.03. The first-order valence-electron chi connectivity index (χ1n) is 7.32. The topological polar surface area (TPSA) is 63.6 Å². The van der Waals surface area contributed by atoms with Gasteiger partial charge in [0.05, 0.1) is 11.0 Å². The van der Waals surface area contributed by atoms with Gasteiger partial charge in [-0.05, 0) is 30.3 Å². The van der Waals surface area contributed by atoms with Gasteiger partial charge in [0.25, 0.3) is 0 Å². The molecule has 0 radical (unpaired) electrons. The summed E-state index contributed by atoms with van der Waals surface area (Å²) in [4.78, 5) is 17.4. The number of hydrogen-bond acceptors (Lipinski definition) is 5. The molecule has 0 aliphatic rings. The quantitative estimate of drug-likeness (QED) is 0.500. The lowest BCUT2D eigenvalue weighted by atomic mass is 10.0. The molecular formula is C18H11N5. The van der Waals surface area contributed by atoms with Gasteiger partial charge < -0.3 is 5.32 Å². The summed E-state index contributed by atoms with van der Waals surface area (Å²) < 4.78 is 0. The van der Waals surface area contributed by atoms with E-state index in [1.54, 1.807) is 18.7 Å². The van der Waals surface area contributed by atoms with Gasteiger partial charge in [0, 0.05) is 45.8 Å². The summed E-state index contributed by atoms with van der Waals surface area (Å²) in [5.41, 5.74) is 2.86. The third kappa shape index (κ3) is 1.80. The van der Waals surface area contributed by atoms with Crippen molar-refractivity contribution in [2.45, 2.75) is 0 Å². The Balaban J connectivity index is 1.84. The SMILES string of the molecule is c1cc(Nc2ncc3ccc4ncnc5ccc2c3c45)ccn1. The van der Waals surface area contributed by atoms with E-state index in [2.05, 4.69) is 37.4 Å². The Hall–Kier alpha value is -3.34. The first-order chi connectivity index (χ1) is 11.4. The number of aromatic nitrogens is 4. The second-order valence-electron chi connectivity index (χ2n) is 5.40. The highest BCUT2D eigenvalue weighted by molar-refractivity contribution is 6.23. The Bertz CT molecular complexity index is 1120. The van der Waals surface area contributed by atoms with Crippen LogP contribution >= 0.6 is 0 Å². The summed E-state index contributed by atoms with van der Waals surface area (Å²) in [6.07, 6.45) is 7.01. The number of rotatable bonds is 2. The van der Waals surface area contributed by atoms with Crippen molar-refractivity contribution < 1.29 is 0 Å². The predicted molar refractivity (Wildman–Crippen MR) is 91.1 cm³/mol. The largest absolute Gasteiger partial charge is 0.340 e. The Morgan fingerprint density at radius 2 is 1.52 bits per heavy atom. The minimum Gasteiger partial charge on any atom is -0.340 e. The molecule has 0 amide bonds. The minimum atomic E-state index is 0.821. The first kappa shape index (κ1) is 12.2. The zero-order valence-electron chi connectivity index (χ0n) is 12.1. The maximum Gasteiger partial charge on any atom is 0.138 e. The number of nitrogens with zero attached hydrogens (tertiary/aromatic N) is 4. The van der Waals surface area contributed by atoms with Gasteiger partial charge in [-0.15, -0.1) is 0 Å². The summed E-state index contributed by atoms with van der Waals surface area (Å²) in [6.45, 7) is 0. The number of nitrogens with one attached hydrogen (secondary N) is 1. The Morgan fingerprint density at radius 1 is 0.739 bits per heavy atom. The third-order valence-electron chi connectivity index (χ3n) is 4.07. The monoisotopic (exact) mass is 297 g/mol. The third-order valence-corrected chi connectivity index (χ3v) is 4.07. The Kier molecular flexibility index (Phi) is 2.43. The van der Waals surface area contributed by atoms with Crippen molar-refractivity contribution in [1.29, 1.82) is 0 Å². The second kappa shape index (κ2) is 4.58. The molecule has 0 saturated heterocycles. The average molecular weight is 297 g/mol. The van der Waals surface area contributed by atoms with Crippen LogP contribution in [0, 0.1) is 0 Å². The highest BCUT2D eigenvalue weighted by atomic mass is 15.0. The first-order valence-corrected chi connectivity index (χ1v) is 7.32. The molecule has 2 aromatic carbocycles. The lowest BCUT2D eigenvalue weighted by Crippen LogP contribution is -1.97. The van der Waals surface area contributed by atoms with E-state index in [0.717, 1.165) is 44.1 Å². The van der Waals surface area contributed by atoms with Crippen LogP contribution in [0.3, 0.4) is 0 Å². The van der Waals surface area contributed by atoms with Gasteiger partial charge in [0.15, 0.2) is 0 Å². The van der Waals surface area contributed by atoms with Crippen LogP contribution in [0.15, 0.2) is 61.3 Å². The Morgan fingerprint density at radius 3 is 2.35 bits per heavy atom. The van der Waals surface area contributed by atoms with Crippen LogP contribution in [0.4, 0.5) is 11.5 Å². The van der Waals surface area contributed by atoms with Crippen molar-refractivity contribution in [3.63, 3.8) is 0 Å². The molecule has 0 fully saturated rings. The molecule has 5 heteroatoms. The van der Waals surface area contributed by atoms with Gasteiger partial charge in [-0.3, -0.25) is 4.98 Å². The number of anilines is 2. The van der Waals surface area contributed by atoms with E-state index < -0.39 is 0 Å². The molecule has 0 unspecified atom stereocenters. The van der Waals surface area contributed by atoms with Crippen molar-refractivity contribution in [3.8, 4) is 0 Å². The fraction of sp³-hybridized carbons (Fsp3) is 0. The summed E-state index contributed by atoms with van der Waals surface area (Å²) in [5.74, 6) is 0.821. The van der Waals surface area contributed by atoms with Crippen LogP contribution in [-0.2, 0) is 0 Å². The summed E-state index contributed by atoms with van der Waals surface area (Å²) in [5, 5.41) is 7.75. The molecule has 0 atom stereocenters. The molecule has 0 aliphatic carbocycles. The van der Waals surface area contributed by atoms with Crippen molar-refractivity contribution in [2.24, 2.45) is 0 Å². The average Bonchev–Trinajstić information content (AvgIpc) is 2.62. The van der Waals surface area contributed by atoms with E-state index in [1.807, 2.05) is 30.5 Å². The van der Waals surface area contributed by atoms with Crippen molar-refractivity contribution in [1.82, 2.24) is 19.9 Å². The smallest absolute Gasteiger partial charge is 0.138 e. The molecule has 3 heterocycles. The van der Waals surface area contributed by atoms with E-state index in [4.69, 9.17) is 0 Å². The Labute approximate surface area is 131 Å². The molecule has 0 aliphatic heterocycles. The van der Waals surface area contributed by atoms with Gasteiger partial charge in [-0.25, -0.2) is 15.0 Å². The van der Waals surface area contributed by atoms with Crippen LogP contribution < -0.4 is 5.32 Å². The van der Waals surface area contributed by atoms with E-state index in [1.165, 1.54) is 0 Å². The highest BCUT2D eigenvalue weighted by Gasteiger charge is 2.12. The molecule has 5 nitrogen and oxygen atoms in total. The molecule has 5 aromatic rings. The normalized spacial score (nSPS) is 11.5. The van der Waals surface area contributed by atoms with E-state index >= 15 is 0 Å². The molecule has 3 aromatic heterocycles. The lowest BCUT2D eigenvalue weighted by Gasteiger charge is -2.13. The van der Waals surface area contributed by atoms with Crippen LogP contribution in [-0.4, -0.2) is 19.9 Å². The number of benzene rings is 2. The van der Waals surface area contributed by atoms with Crippen LogP contribution in [0.1, 0.15) is 0 Å². The number of pyridine rings is 2. The molecule has 23 heavy (non-hydrogen) atoms. The standard InChI is InChI=1S/C18H11N5/c1-3-14-17-15(22-10-21-14)4-2-13-16(17)11(1)9-20-18(13)23-12-5-7-19-8-6-12/h1-10H,(H,19,20,23). The maximum absolute atomic E-state index is 4.59. The number of hydrogen-bond donors (Lipinski definition) is 1. The summed E-state index contributed by atoms with van der Waals surface area (Å²) >= 11 is 0. The zero-order valence-corrected chi connectivity index (χ0v) is 12.1. The molecular weight excluding hydrogens is 286 g/mol. The molecule has 0 saturated carbocycles. The van der Waals surface area contributed by atoms with Crippen molar-refractivity contribution in [2.75, 3.05) is 5.32 Å². The van der Waals surface area contributed by atoms with Crippen molar-refractivity contribution >= 4 is 44.1 Å². The fourth-order valence-electron chi connectivity index (χ4n) is 3.03. The van der Waals surface area contributed by atoms with Gasteiger partial charge >= 0.3 is 0 Å². The molecule has 108 valence electrons. The molecule has 5 rings (SSSR count). The maximum atomic E-state index is 4.59. The van der Waals surface area contributed by atoms with Crippen LogP contribution in [0.5, 0.6) is 0 Å². The van der Waals surface area contributed by atoms with Gasteiger partial charge in [-0.1, -0.05) is 6.07 Å². The summed E-state index contributed by atoms with van der Waals surface area (Å²) in [6, 6.07) is 12.0. The van der Waals surface area contributed by atoms with Crippen LogP contribution in [0.2, 0.25) is 0 Å². The molecule has 0 spiro atoms.